The van der Waals surface area contributed by atoms with Crippen molar-refractivity contribution in [1.29, 1.82) is 0 Å². The summed E-state index contributed by atoms with van der Waals surface area (Å²) in [5, 5.41) is 0. The molecule has 2 atom stereocenters. The van der Waals surface area contributed by atoms with E-state index in [-0.39, 0.29) is 0 Å². The molecule has 2 aliphatic rings. The Morgan fingerprint density at radius 3 is 2.20 bits per heavy atom. The molecule has 0 heteroatoms. The molecule has 0 saturated heterocycles. The maximum Gasteiger partial charge on any atom is -0.00155 e. The molecule has 1 saturated carbocycles. The van der Waals surface area contributed by atoms with Crippen LogP contribution in [-0.4, -0.2) is 0 Å². The first-order chi connectivity index (χ1) is 7.11. The van der Waals surface area contributed by atoms with Gasteiger partial charge in [-0.1, -0.05) is 44.8 Å². The predicted octanol–water partition coefficient (Wildman–Crippen LogP) is 4.81. The van der Waals surface area contributed by atoms with E-state index in [4.69, 9.17) is 0 Å². The van der Waals surface area contributed by atoms with E-state index in [1.807, 2.05) is 5.57 Å². The molecule has 0 amide bonds. The number of hydrogen-bond acceptors (Lipinski definition) is 0. The monoisotopic (exact) mass is 206 g/mol. The first-order valence-corrected chi connectivity index (χ1v) is 6.81. The lowest BCUT2D eigenvalue weighted by Crippen LogP contribution is -2.04. The second-order valence-electron chi connectivity index (χ2n) is 6.13. The van der Waals surface area contributed by atoms with Gasteiger partial charge in [-0.3, -0.25) is 0 Å². The molecule has 2 unspecified atom stereocenters. The van der Waals surface area contributed by atoms with E-state index in [1.54, 1.807) is 5.57 Å². The molecule has 15 heavy (non-hydrogen) atoms. The van der Waals surface area contributed by atoms with Gasteiger partial charge in [0.1, 0.15) is 0 Å². The molecule has 0 aromatic rings. The fourth-order valence-electron chi connectivity index (χ4n) is 3.01. The van der Waals surface area contributed by atoms with E-state index in [1.165, 1.54) is 32.1 Å². The summed E-state index contributed by atoms with van der Waals surface area (Å²) in [6.07, 6.45) is 7.36. The summed E-state index contributed by atoms with van der Waals surface area (Å²) in [4.78, 5) is 0. The molecule has 2 rings (SSSR count). The highest BCUT2D eigenvalue weighted by atomic mass is 14.5. The Balaban J connectivity index is 1.80. The van der Waals surface area contributed by atoms with Gasteiger partial charge in [0.05, 0.1) is 0 Å². The Morgan fingerprint density at radius 2 is 1.80 bits per heavy atom. The zero-order valence-electron chi connectivity index (χ0n) is 10.8. The van der Waals surface area contributed by atoms with Gasteiger partial charge in [0.25, 0.3) is 0 Å². The third-order valence-electron chi connectivity index (χ3n) is 4.38. The van der Waals surface area contributed by atoms with Gasteiger partial charge >= 0.3 is 0 Å². The summed E-state index contributed by atoms with van der Waals surface area (Å²) < 4.78 is 0. The van der Waals surface area contributed by atoms with Crippen LogP contribution in [0.5, 0.6) is 0 Å². The van der Waals surface area contributed by atoms with Crippen molar-refractivity contribution in [3.05, 3.63) is 11.1 Å². The van der Waals surface area contributed by atoms with Gasteiger partial charge in [0, 0.05) is 0 Å². The minimum absolute atomic E-state index is 0.870. The van der Waals surface area contributed by atoms with Crippen molar-refractivity contribution in [2.45, 2.75) is 59.8 Å². The molecule has 86 valence electrons. The lowest BCUT2D eigenvalue weighted by molar-refractivity contribution is 0.439. The highest BCUT2D eigenvalue weighted by molar-refractivity contribution is 5.41. The molecule has 0 nitrogen and oxygen atoms in total. The van der Waals surface area contributed by atoms with Crippen LogP contribution in [0.25, 0.3) is 0 Å². The topological polar surface area (TPSA) is 0 Å². The number of rotatable bonds is 6. The normalized spacial score (nSPS) is 27.4. The zero-order valence-corrected chi connectivity index (χ0v) is 10.8. The van der Waals surface area contributed by atoms with Crippen molar-refractivity contribution in [2.75, 3.05) is 0 Å². The molecular weight excluding hydrogens is 180 g/mol. The van der Waals surface area contributed by atoms with E-state index in [0.29, 0.717) is 0 Å². The van der Waals surface area contributed by atoms with Crippen LogP contribution >= 0.6 is 0 Å². The number of hydrogen-bond donors (Lipinski definition) is 0. The lowest BCUT2D eigenvalue weighted by atomic mass is 9.91. The molecule has 2 aliphatic carbocycles. The largest absolute Gasteiger partial charge is 0.0663 e. The Bertz CT molecular complexity index is 255. The maximum atomic E-state index is 2.39. The molecule has 0 aliphatic heterocycles. The van der Waals surface area contributed by atoms with E-state index in [2.05, 4.69) is 27.7 Å². The maximum absolute atomic E-state index is 2.39. The Labute approximate surface area is 95.1 Å². The first kappa shape index (κ1) is 11.2. The van der Waals surface area contributed by atoms with Crippen LogP contribution in [0.3, 0.4) is 0 Å². The lowest BCUT2D eigenvalue weighted by Gasteiger charge is -2.14. The van der Waals surface area contributed by atoms with Crippen molar-refractivity contribution in [1.82, 2.24) is 0 Å². The Kier molecular flexibility index (Phi) is 3.23. The second kappa shape index (κ2) is 4.31. The Morgan fingerprint density at radius 1 is 1.20 bits per heavy atom. The molecule has 0 bridgehead atoms. The van der Waals surface area contributed by atoms with Gasteiger partial charge in [-0.2, -0.15) is 0 Å². The number of allylic oxidation sites excluding steroid dienone is 2. The van der Waals surface area contributed by atoms with Crippen LogP contribution < -0.4 is 0 Å². The van der Waals surface area contributed by atoms with Crippen LogP contribution in [-0.2, 0) is 0 Å². The minimum atomic E-state index is 0.870. The van der Waals surface area contributed by atoms with E-state index < -0.39 is 0 Å². The molecule has 0 heterocycles. The molecule has 0 aromatic carbocycles. The smallest absolute Gasteiger partial charge is 0.00155 e. The highest BCUT2D eigenvalue weighted by Gasteiger charge is 2.41. The minimum Gasteiger partial charge on any atom is -0.0663 e. The molecule has 0 aromatic heterocycles. The van der Waals surface area contributed by atoms with Crippen molar-refractivity contribution >= 4 is 0 Å². The van der Waals surface area contributed by atoms with Gasteiger partial charge in [0.2, 0.25) is 0 Å². The standard InChI is InChI=1S/C15H26/c1-10(2)6-5-7-14(13-8-9-13)15-11(3)12(15)4/h10-11,13-14H,5-9H2,1-4H3. The fraction of sp³-hybridized carbons (Fsp3) is 0.867. The van der Waals surface area contributed by atoms with Gasteiger partial charge in [-0.05, 0) is 49.9 Å². The third-order valence-corrected chi connectivity index (χ3v) is 4.38. The summed E-state index contributed by atoms with van der Waals surface area (Å²) in [5.74, 6) is 3.82. The fourth-order valence-corrected chi connectivity index (χ4v) is 3.01. The molecule has 0 radical (unpaired) electrons. The zero-order chi connectivity index (χ0) is 11.0. The summed E-state index contributed by atoms with van der Waals surface area (Å²) in [7, 11) is 0. The van der Waals surface area contributed by atoms with E-state index in [0.717, 1.165) is 23.7 Å². The molecule has 0 N–H and O–H groups in total. The van der Waals surface area contributed by atoms with Crippen LogP contribution in [0.1, 0.15) is 59.8 Å². The molecular formula is C15H26. The van der Waals surface area contributed by atoms with Crippen molar-refractivity contribution in [3.63, 3.8) is 0 Å². The average molecular weight is 206 g/mol. The SMILES string of the molecule is CC1=C(C(CCCC(C)C)C2CC2)C1C. The summed E-state index contributed by atoms with van der Waals surface area (Å²) in [5.41, 5.74) is 3.57. The van der Waals surface area contributed by atoms with E-state index >= 15 is 0 Å². The molecule has 0 spiro atoms. The first-order valence-electron chi connectivity index (χ1n) is 6.81. The van der Waals surface area contributed by atoms with Gasteiger partial charge < -0.3 is 0 Å². The summed E-state index contributed by atoms with van der Waals surface area (Å²) in [6, 6.07) is 0. The van der Waals surface area contributed by atoms with Crippen molar-refractivity contribution in [3.8, 4) is 0 Å². The van der Waals surface area contributed by atoms with E-state index in [9.17, 15) is 0 Å². The van der Waals surface area contributed by atoms with Crippen molar-refractivity contribution in [2.24, 2.45) is 23.7 Å². The quantitative estimate of drug-likeness (QED) is 0.547. The van der Waals surface area contributed by atoms with Crippen LogP contribution in [0.4, 0.5) is 0 Å². The third kappa shape index (κ3) is 2.65. The van der Waals surface area contributed by atoms with Crippen LogP contribution in [0.2, 0.25) is 0 Å². The second-order valence-corrected chi connectivity index (χ2v) is 6.13. The van der Waals surface area contributed by atoms with Gasteiger partial charge in [-0.25, -0.2) is 0 Å². The van der Waals surface area contributed by atoms with Gasteiger partial charge in [-0.15, -0.1) is 0 Å². The van der Waals surface area contributed by atoms with Crippen LogP contribution in [0, 0.1) is 23.7 Å². The molecule has 1 fully saturated rings. The predicted molar refractivity (Wildman–Crippen MR) is 66.8 cm³/mol. The highest BCUT2D eigenvalue weighted by Crippen LogP contribution is 2.53. The average Bonchev–Trinajstić information content (AvgIpc) is 3.04. The summed E-state index contributed by atoms with van der Waals surface area (Å²) in [6.45, 7) is 9.42. The summed E-state index contributed by atoms with van der Waals surface area (Å²) >= 11 is 0. The Hall–Kier alpha value is -0.260. The van der Waals surface area contributed by atoms with Gasteiger partial charge in [0.15, 0.2) is 0 Å². The van der Waals surface area contributed by atoms with Crippen LogP contribution in [0.15, 0.2) is 11.1 Å². The van der Waals surface area contributed by atoms with Crippen molar-refractivity contribution < 1.29 is 0 Å².